The van der Waals surface area contributed by atoms with E-state index in [4.69, 9.17) is 4.42 Å². The second kappa shape index (κ2) is 8.73. The number of carbonyl (C=O) groups is 1. The first-order chi connectivity index (χ1) is 14.6. The number of nitrogens with zero attached hydrogens (tertiary/aromatic N) is 4. The first-order valence-corrected chi connectivity index (χ1v) is 9.82. The van der Waals surface area contributed by atoms with Gasteiger partial charge in [0.05, 0.1) is 30.0 Å². The molecular formula is C23H22N4O3. The van der Waals surface area contributed by atoms with Crippen molar-refractivity contribution in [3.05, 3.63) is 89.0 Å². The van der Waals surface area contributed by atoms with Gasteiger partial charge in [0.25, 0.3) is 5.56 Å². The number of anilines is 1. The quantitative estimate of drug-likeness (QED) is 0.471. The summed E-state index contributed by atoms with van der Waals surface area (Å²) < 4.78 is 6.96. The predicted octanol–water partition coefficient (Wildman–Crippen LogP) is 3.71. The molecule has 7 nitrogen and oxygen atoms in total. The molecule has 0 unspecified atom stereocenters. The lowest BCUT2D eigenvalue weighted by Gasteiger charge is -2.20. The lowest BCUT2D eigenvalue weighted by Crippen LogP contribution is -2.31. The molecule has 0 atom stereocenters. The van der Waals surface area contributed by atoms with E-state index in [0.29, 0.717) is 36.5 Å². The van der Waals surface area contributed by atoms with E-state index in [1.807, 2.05) is 31.2 Å². The van der Waals surface area contributed by atoms with Crippen molar-refractivity contribution in [2.24, 2.45) is 0 Å². The highest BCUT2D eigenvalue weighted by molar-refractivity contribution is 5.92. The summed E-state index contributed by atoms with van der Waals surface area (Å²) in [6, 6.07) is 14.6. The second-order valence-corrected chi connectivity index (χ2v) is 7.06. The molecule has 30 heavy (non-hydrogen) atoms. The third-order valence-corrected chi connectivity index (χ3v) is 4.97. The van der Waals surface area contributed by atoms with Gasteiger partial charge in [-0.05, 0) is 49.2 Å². The molecule has 4 aromatic rings. The maximum atomic E-state index is 12.9. The van der Waals surface area contributed by atoms with E-state index in [-0.39, 0.29) is 17.9 Å². The number of hydrogen-bond donors (Lipinski definition) is 0. The van der Waals surface area contributed by atoms with Gasteiger partial charge in [-0.25, -0.2) is 9.97 Å². The van der Waals surface area contributed by atoms with Gasteiger partial charge in [-0.1, -0.05) is 18.2 Å². The number of rotatable bonds is 7. The molecule has 0 saturated heterocycles. The Morgan fingerprint density at radius 2 is 2.00 bits per heavy atom. The summed E-state index contributed by atoms with van der Waals surface area (Å²) in [7, 11) is 0. The number of furan rings is 1. The molecule has 1 amide bonds. The Hall–Kier alpha value is -3.74. The fourth-order valence-electron chi connectivity index (χ4n) is 3.40. The number of para-hydroxylation sites is 1. The molecule has 7 heteroatoms. The molecular weight excluding hydrogens is 380 g/mol. The minimum atomic E-state index is -0.0895. The summed E-state index contributed by atoms with van der Waals surface area (Å²) in [6.07, 6.45) is 5.58. The molecule has 152 valence electrons. The summed E-state index contributed by atoms with van der Waals surface area (Å²) in [4.78, 5) is 36.0. The Labute approximate surface area is 173 Å². The molecule has 4 rings (SSSR count). The number of amides is 1. The molecule has 0 saturated carbocycles. The lowest BCUT2D eigenvalue weighted by molar-refractivity contribution is -0.119. The standard InChI is InChI=1S/C23H22N4O3/c1-17-7-4-9-19-22(17)25-16-26(23(19)29)13-5-11-21(28)27(15-18-8-6-14-30-18)20-10-2-3-12-24-20/h2-4,6-10,12,14,16H,5,11,13,15H2,1H3. The van der Waals surface area contributed by atoms with Crippen molar-refractivity contribution in [1.82, 2.24) is 14.5 Å². The van der Waals surface area contributed by atoms with Crippen LogP contribution in [0.15, 0.2) is 76.5 Å². The summed E-state index contributed by atoms with van der Waals surface area (Å²) in [6.45, 7) is 2.65. The number of benzene rings is 1. The molecule has 0 spiro atoms. The number of hydrogen-bond acceptors (Lipinski definition) is 5. The number of aromatic nitrogens is 3. The van der Waals surface area contributed by atoms with E-state index in [1.54, 1.807) is 52.5 Å². The van der Waals surface area contributed by atoms with Crippen LogP contribution in [0.1, 0.15) is 24.2 Å². The van der Waals surface area contributed by atoms with Gasteiger partial charge in [0.1, 0.15) is 11.6 Å². The fourth-order valence-corrected chi connectivity index (χ4v) is 3.40. The highest BCUT2D eigenvalue weighted by Gasteiger charge is 2.18. The normalized spacial score (nSPS) is 11.0. The minimum Gasteiger partial charge on any atom is -0.467 e. The third-order valence-electron chi connectivity index (χ3n) is 4.97. The van der Waals surface area contributed by atoms with Gasteiger partial charge in [0.15, 0.2) is 0 Å². The van der Waals surface area contributed by atoms with Gasteiger partial charge < -0.3 is 4.42 Å². The Morgan fingerprint density at radius 3 is 2.77 bits per heavy atom. The van der Waals surface area contributed by atoms with Crippen molar-refractivity contribution in [3.8, 4) is 0 Å². The fraction of sp³-hybridized carbons (Fsp3) is 0.217. The highest BCUT2D eigenvalue weighted by atomic mass is 16.3. The molecule has 0 aliphatic rings. The Bertz CT molecular complexity index is 1200. The van der Waals surface area contributed by atoms with Crippen molar-refractivity contribution >= 4 is 22.6 Å². The van der Waals surface area contributed by atoms with E-state index < -0.39 is 0 Å². The molecule has 1 aromatic carbocycles. The van der Waals surface area contributed by atoms with Gasteiger partial charge in [0.2, 0.25) is 5.91 Å². The third kappa shape index (κ3) is 4.15. The maximum Gasteiger partial charge on any atom is 0.261 e. The van der Waals surface area contributed by atoms with Crippen molar-refractivity contribution in [2.75, 3.05) is 4.90 Å². The lowest BCUT2D eigenvalue weighted by atomic mass is 10.1. The van der Waals surface area contributed by atoms with E-state index in [0.717, 1.165) is 11.1 Å². The molecule has 3 heterocycles. The Kier molecular flexibility index (Phi) is 5.70. The topological polar surface area (TPSA) is 81.2 Å². The van der Waals surface area contributed by atoms with E-state index >= 15 is 0 Å². The van der Waals surface area contributed by atoms with Crippen LogP contribution in [-0.4, -0.2) is 20.4 Å². The minimum absolute atomic E-state index is 0.0808. The van der Waals surface area contributed by atoms with Crippen molar-refractivity contribution in [3.63, 3.8) is 0 Å². The summed E-state index contributed by atoms with van der Waals surface area (Å²) in [5.41, 5.74) is 1.60. The van der Waals surface area contributed by atoms with Crippen molar-refractivity contribution in [2.45, 2.75) is 32.9 Å². The molecule has 0 N–H and O–H groups in total. The number of fused-ring (bicyclic) bond motifs is 1. The predicted molar refractivity (Wildman–Crippen MR) is 114 cm³/mol. The average molecular weight is 402 g/mol. The molecule has 0 radical (unpaired) electrons. The smallest absolute Gasteiger partial charge is 0.261 e. The highest BCUT2D eigenvalue weighted by Crippen LogP contribution is 2.17. The van der Waals surface area contributed by atoms with Crippen LogP contribution in [0.3, 0.4) is 0 Å². The van der Waals surface area contributed by atoms with Gasteiger partial charge in [-0.2, -0.15) is 0 Å². The van der Waals surface area contributed by atoms with Crippen molar-refractivity contribution < 1.29 is 9.21 Å². The van der Waals surface area contributed by atoms with Crippen molar-refractivity contribution in [1.29, 1.82) is 0 Å². The molecule has 0 fully saturated rings. The van der Waals surface area contributed by atoms with Crippen LogP contribution in [0.4, 0.5) is 5.82 Å². The van der Waals surface area contributed by atoms with Crippen LogP contribution in [0.2, 0.25) is 0 Å². The SMILES string of the molecule is Cc1cccc2c(=O)n(CCCC(=O)N(Cc3ccco3)c3ccccn3)cnc12. The monoisotopic (exact) mass is 402 g/mol. The summed E-state index contributed by atoms with van der Waals surface area (Å²) in [5, 5.41) is 0.594. The van der Waals surface area contributed by atoms with Crippen LogP contribution in [-0.2, 0) is 17.9 Å². The van der Waals surface area contributed by atoms with Gasteiger partial charge in [-0.15, -0.1) is 0 Å². The number of pyridine rings is 1. The van der Waals surface area contributed by atoms with Crippen LogP contribution < -0.4 is 10.5 Å². The number of carbonyl (C=O) groups excluding carboxylic acids is 1. The van der Waals surface area contributed by atoms with Crippen LogP contribution in [0, 0.1) is 6.92 Å². The average Bonchev–Trinajstić information content (AvgIpc) is 3.28. The molecule has 0 aliphatic heterocycles. The van der Waals surface area contributed by atoms with Gasteiger partial charge >= 0.3 is 0 Å². The first kappa shape index (κ1) is 19.6. The summed E-state index contributed by atoms with van der Waals surface area (Å²) in [5.74, 6) is 1.17. The zero-order valence-corrected chi connectivity index (χ0v) is 16.7. The zero-order chi connectivity index (χ0) is 20.9. The van der Waals surface area contributed by atoms with Gasteiger partial charge in [0, 0.05) is 19.2 Å². The van der Waals surface area contributed by atoms with Crippen LogP contribution in [0.25, 0.3) is 10.9 Å². The van der Waals surface area contributed by atoms with Gasteiger partial charge in [-0.3, -0.25) is 19.1 Å². The Balaban J connectivity index is 1.47. The van der Waals surface area contributed by atoms with E-state index in [9.17, 15) is 9.59 Å². The maximum absolute atomic E-state index is 12.9. The number of aryl methyl sites for hydroxylation is 2. The van der Waals surface area contributed by atoms with Crippen LogP contribution in [0.5, 0.6) is 0 Å². The largest absolute Gasteiger partial charge is 0.467 e. The summed E-state index contributed by atoms with van der Waals surface area (Å²) >= 11 is 0. The van der Waals surface area contributed by atoms with Crippen LogP contribution >= 0.6 is 0 Å². The Morgan fingerprint density at radius 1 is 1.10 bits per heavy atom. The first-order valence-electron chi connectivity index (χ1n) is 9.82. The molecule has 3 aromatic heterocycles. The zero-order valence-electron chi connectivity index (χ0n) is 16.7. The van der Waals surface area contributed by atoms with E-state index in [2.05, 4.69) is 9.97 Å². The van der Waals surface area contributed by atoms with E-state index in [1.165, 1.54) is 0 Å². The molecule has 0 bridgehead atoms. The second-order valence-electron chi connectivity index (χ2n) is 7.06. The molecule has 0 aliphatic carbocycles.